The molecule has 0 saturated heterocycles. The predicted molar refractivity (Wildman–Crippen MR) is 67.8 cm³/mol. The van der Waals surface area contributed by atoms with Gasteiger partial charge in [0, 0.05) is 11.6 Å². The van der Waals surface area contributed by atoms with E-state index in [9.17, 15) is 14.9 Å². The fraction of sp³-hybridized carbons (Fsp3) is 0.417. The lowest BCUT2D eigenvalue weighted by Crippen LogP contribution is -1.96. The molecule has 0 fully saturated rings. The van der Waals surface area contributed by atoms with E-state index in [1.165, 1.54) is 25.2 Å². The van der Waals surface area contributed by atoms with Gasteiger partial charge in [0.15, 0.2) is 0 Å². The summed E-state index contributed by atoms with van der Waals surface area (Å²) < 4.78 is 0. The Hall–Kier alpha value is -1.71. The summed E-state index contributed by atoms with van der Waals surface area (Å²) in [6, 6.07) is 0. The Balaban J connectivity index is -0.000000376. The first-order valence-electron chi connectivity index (χ1n) is 5.25. The maximum absolute atomic E-state index is 10.2. The highest BCUT2D eigenvalue weighted by Gasteiger charge is 2.04. The molecular formula is C12H21NO3. The van der Waals surface area contributed by atoms with Crippen LogP contribution in [0.3, 0.4) is 0 Å². The lowest BCUT2D eigenvalue weighted by atomic mass is 10.2. The van der Waals surface area contributed by atoms with Crippen molar-refractivity contribution in [3.05, 3.63) is 46.2 Å². The molecule has 4 heteroatoms. The van der Waals surface area contributed by atoms with E-state index in [1.807, 2.05) is 27.7 Å². The fourth-order valence-corrected chi connectivity index (χ4v) is 0.553. The van der Waals surface area contributed by atoms with E-state index in [0.29, 0.717) is 6.29 Å². The number of nitro groups is 1. The Labute approximate surface area is 97.5 Å². The molecule has 0 radical (unpaired) electrons. The van der Waals surface area contributed by atoms with Crippen molar-refractivity contribution in [1.82, 2.24) is 0 Å². The zero-order valence-electron chi connectivity index (χ0n) is 10.7. The van der Waals surface area contributed by atoms with Gasteiger partial charge in [-0.15, -0.1) is 0 Å². The topological polar surface area (TPSA) is 60.2 Å². The quantitative estimate of drug-likeness (QED) is 0.243. The zero-order chi connectivity index (χ0) is 13.6. The van der Waals surface area contributed by atoms with Crippen molar-refractivity contribution in [2.45, 2.75) is 34.6 Å². The number of nitrogens with zero attached hydrogens (tertiary/aromatic N) is 1. The van der Waals surface area contributed by atoms with E-state index in [4.69, 9.17) is 0 Å². The Kier molecular flexibility index (Phi) is 19.5. The normalized spacial score (nSPS) is 10.1. The van der Waals surface area contributed by atoms with Crippen molar-refractivity contribution >= 4 is 6.29 Å². The van der Waals surface area contributed by atoms with Crippen LogP contribution in [0.15, 0.2) is 36.1 Å². The van der Waals surface area contributed by atoms with Crippen LogP contribution in [0, 0.1) is 10.1 Å². The summed E-state index contributed by atoms with van der Waals surface area (Å²) in [4.78, 5) is 19.9. The van der Waals surface area contributed by atoms with Gasteiger partial charge < -0.3 is 0 Å². The number of hydrogen-bond acceptors (Lipinski definition) is 3. The van der Waals surface area contributed by atoms with E-state index >= 15 is 0 Å². The SMILES string of the molecule is C=C/C(C=O)=C\C(=C/C)[N+](=O)[O-].CC.CC. The minimum absolute atomic E-state index is 0.114. The molecule has 0 aliphatic rings. The van der Waals surface area contributed by atoms with E-state index in [0.717, 1.165) is 0 Å². The molecule has 0 amide bonds. The molecule has 0 unspecified atom stereocenters. The van der Waals surface area contributed by atoms with Gasteiger partial charge in [-0.3, -0.25) is 14.9 Å². The van der Waals surface area contributed by atoms with Crippen molar-refractivity contribution in [3.8, 4) is 0 Å². The lowest BCUT2D eigenvalue weighted by Gasteiger charge is -1.89. The van der Waals surface area contributed by atoms with Crippen LogP contribution in [0.25, 0.3) is 0 Å². The van der Waals surface area contributed by atoms with Gasteiger partial charge in [-0.2, -0.15) is 0 Å². The summed E-state index contributed by atoms with van der Waals surface area (Å²) >= 11 is 0. The van der Waals surface area contributed by atoms with Crippen molar-refractivity contribution in [1.29, 1.82) is 0 Å². The molecule has 0 bridgehead atoms. The highest BCUT2D eigenvalue weighted by molar-refractivity contribution is 5.77. The number of carbonyl (C=O) groups excluding carboxylic acids is 1. The van der Waals surface area contributed by atoms with E-state index in [1.54, 1.807) is 0 Å². The van der Waals surface area contributed by atoms with Gasteiger partial charge in [0.1, 0.15) is 6.29 Å². The Morgan fingerprint density at radius 1 is 1.25 bits per heavy atom. The van der Waals surface area contributed by atoms with Gasteiger partial charge in [0.2, 0.25) is 0 Å². The molecule has 0 atom stereocenters. The van der Waals surface area contributed by atoms with Crippen LogP contribution in [0.4, 0.5) is 0 Å². The Morgan fingerprint density at radius 2 is 1.69 bits per heavy atom. The molecule has 0 spiro atoms. The van der Waals surface area contributed by atoms with Crippen LogP contribution < -0.4 is 0 Å². The Morgan fingerprint density at radius 3 is 1.88 bits per heavy atom. The molecule has 0 aliphatic heterocycles. The van der Waals surface area contributed by atoms with Gasteiger partial charge in [-0.05, 0) is 13.0 Å². The number of hydrogen-bond donors (Lipinski definition) is 0. The van der Waals surface area contributed by atoms with Crippen LogP contribution in [0.5, 0.6) is 0 Å². The summed E-state index contributed by atoms with van der Waals surface area (Å²) in [5, 5.41) is 10.2. The fourth-order valence-electron chi connectivity index (χ4n) is 0.553. The maximum Gasteiger partial charge on any atom is 0.265 e. The predicted octanol–water partition coefficient (Wildman–Crippen LogP) is 3.53. The molecule has 4 nitrogen and oxygen atoms in total. The second-order valence-corrected chi connectivity index (χ2v) is 1.94. The highest BCUT2D eigenvalue weighted by Crippen LogP contribution is 2.02. The molecule has 0 rings (SSSR count). The molecule has 0 aromatic heterocycles. The minimum Gasteiger partial charge on any atom is -0.298 e. The number of rotatable bonds is 4. The van der Waals surface area contributed by atoms with E-state index in [-0.39, 0.29) is 11.3 Å². The monoisotopic (exact) mass is 227 g/mol. The first-order chi connectivity index (χ1) is 7.65. The summed E-state index contributed by atoms with van der Waals surface area (Å²) in [5.74, 6) is 0. The van der Waals surface area contributed by atoms with Crippen LogP contribution >= 0.6 is 0 Å². The standard InChI is InChI=1S/C8H9NO3.2C2H6/c1-3-7(6-10)5-8(4-2)9(11)12;2*1-2/h3-6H,1H2,2H3;2*1-2H3/b7-5+,8-4+;;. The van der Waals surface area contributed by atoms with Crippen molar-refractivity contribution in [2.24, 2.45) is 0 Å². The first kappa shape index (κ1) is 19.8. The second-order valence-electron chi connectivity index (χ2n) is 1.94. The van der Waals surface area contributed by atoms with Crippen LogP contribution in [-0.4, -0.2) is 11.2 Å². The third-order valence-corrected chi connectivity index (χ3v) is 1.19. The molecule has 16 heavy (non-hydrogen) atoms. The molecule has 0 heterocycles. The first-order valence-corrected chi connectivity index (χ1v) is 5.25. The van der Waals surface area contributed by atoms with Gasteiger partial charge in [0.05, 0.1) is 4.92 Å². The average Bonchev–Trinajstić information content (AvgIpc) is 2.35. The van der Waals surface area contributed by atoms with Gasteiger partial charge >= 0.3 is 0 Å². The molecule has 0 aromatic rings. The van der Waals surface area contributed by atoms with Gasteiger partial charge in [-0.1, -0.05) is 40.3 Å². The summed E-state index contributed by atoms with van der Waals surface area (Å²) in [5.41, 5.74) is 0.0804. The lowest BCUT2D eigenvalue weighted by molar-refractivity contribution is -0.419. The molecule has 0 saturated carbocycles. The Bertz CT molecular complexity index is 255. The van der Waals surface area contributed by atoms with Crippen molar-refractivity contribution < 1.29 is 9.72 Å². The van der Waals surface area contributed by atoms with Crippen LogP contribution in [0.1, 0.15) is 34.6 Å². The number of aldehydes is 1. The maximum atomic E-state index is 10.2. The molecular weight excluding hydrogens is 206 g/mol. The highest BCUT2D eigenvalue weighted by atomic mass is 16.6. The summed E-state index contributed by atoms with van der Waals surface area (Å²) in [6.45, 7) is 12.9. The van der Waals surface area contributed by atoms with Crippen molar-refractivity contribution in [2.75, 3.05) is 0 Å². The molecule has 0 N–H and O–H groups in total. The number of carbonyl (C=O) groups is 1. The zero-order valence-corrected chi connectivity index (χ0v) is 10.7. The number of allylic oxidation sites excluding steroid dienone is 4. The minimum atomic E-state index is -0.562. The van der Waals surface area contributed by atoms with Crippen LogP contribution in [0.2, 0.25) is 0 Å². The molecule has 0 aliphatic carbocycles. The van der Waals surface area contributed by atoms with E-state index < -0.39 is 4.92 Å². The molecule has 0 aromatic carbocycles. The third-order valence-electron chi connectivity index (χ3n) is 1.19. The average molecular weight is 227 g/mol. The summed E-state index contributed by atoms with van der Waals surface area (Å²) in [7, 11) is 0. The second kappa shape index (κ2) is 15.7. The van der Waals surface area contributed by atoms with Gasteiger partial charge in [-0.25, -0.2) is 0 Å². The van der Waals surface area contributed by atoms with Gasteiger partial charge in [0.25, 0.3) is 5.70 Å². The summed E-state index contributed by atoms with van der Waals surface area (Å²) in [6.07, 6.45) is 4.26. The smallest absolute Gasteiger partial charge is 0.265 e. The molecule has 92 valence electrons. The van der Waals surface area contributed by atoms with Crippen molar-refractivity contribution in [3.63, 3.8) is 0 Å². The van der Waals surface area contributed by atoms with E-state index in [2.05, 4.69) is 6.58 Å². The van der Waals surface area contributed by atoms with Crippen LogP contribution in [-0.2, 0) is 4.79 Å². The largest absolute Gasteiger partial charge is 0.298 e. The third kappa shape index (κ3) is 10.4.